The van der Waals surface area contributed by atoms with Gasteiger partial charge in [0.25, 0.3) is 5.97 Å². The van der Waals surface area contributed by atoms with Gasteiger partial charge in [0.1, 0.15) is 6.04 Å². The van der Waals surface area contributed by atoms with Crippen molar-refractivity contribution in [1.29, 1.82) is 0 Å². The van der Waals surface area contributed by atoms with Gasteiger partial charge >= 0.3 is 16.6 Å². The van der Waals surface area contributed by atoms with Crippen LogP contribution in [0.3, 0.4) is 0 Å². The van der Waals surface area contributed by atoms with E-state index < -0.39 is 17.9 Å². The molecule has 0 aliphatic heterocycles. The molecule has 3 N–H and O–H groups in total. The van der Waals surface area contributed by atoms with E-state index in [0.29, 0.717) is 0 Å². The van der Waals surface area contributed by atoms with Crippen LogP contribution in [0.15, 0.2) is 0 Å². The van der Waals surface area contributed by atoms with Crippen molar-refractivity contribution in [2.24, 2.45) is 5.73 Å². The quantitative estimate of drug-likeness (QED) is 0.537. The van der Waals surface area contributed by atoms with Gasteiger partial charge in [-0.05, 0) is 6.42 Å². The lowest BCUT2D eigenvalue weighted by molar-refractivity contribution is -0.139. The first-order valence-electron chi connectivity index (χ1n) is 3.93. The Hall–Kier alpha value is -1.06. The van der Waals surface area contributed by atoms with Crippen LogP contribution in [-0.2, 0) is 18.2 Å². The second kappa shape index (κ2) is 6.40. The Balaban J connectivity index is 4.17. The van der Waals surface area contributed by atoms with Gasteiger partial charge < -0.3 is 14.8 Å². The van der Waals surface area contributed by atoms with E-state index in [0.717, 1.165) is 0 Å². The molecule has 2 radical (unpaired) electrons. The summed E-state index contributed by atoms with van der Waals surface area (Å²) < 4.78 is 4.36. The first-order chi connectivity index (χ1) is 6.47. The summed E-state index contributed by atoms with van der Waals surface area (Å²) >= 11 is 1.78. The molecule has 0 aromatic heterocycles. The van der Waals surface area contributed by atoms with E-state index in [2.05, 4.69) is 9.11 Å². The summed E-state index contributed by atoms with van der Waals surface area (Å²) in [5.74, 6) is -1.52. The highest BCUT2D eigenvalue weighted by Gasteiger charge is 2.19. The molecule has 7 heteroatoms. The molecule has 0 saturated carbocycles. The van der Waals surface area contributed by atoms with Crippen LogP contribution >= 0.6 is 0 Å². The van der Waals surface area contributed by atoms with Gasteiger partial charge in [0.2, 0.25) is 11.8 Å². The average molecular weight is 214 g/mol. The van der Waals surface area contributed by atoms with Gasteiger partial charge in [0, 0.05) is 13.3 Å². The fraction of sp³-hybridized carbons (Fsp3) is 0.571. The zero-order valence-electron chi connectivity index (χ0n) is 7.78. The minimum Gasteiger partial charge on any atom is -0.627 e. The topological polar surface area (TPSA) is 98.5 Å². The first kappa shape index (κ1) is 12.9. The third-order valence-corrected chi connectivity index (χ3v) is 1.69. The monoisotopic (exact) mass is 214 g/mol. The summed E-state index contributed by atoms with van der Waals surface area (Å²) in [4.78, 5) is 32.2. The Kier molecular flexibility index (Phi) is 5.92. The Morgan fingerprint density at radius 3 is 2.43 bits per heavy atom. The average Bonchev–Trinajstić information content (AvgIpc) is 2.10. The Labute approximate surface area is 89.9 Å². The Morgan fingerprint density at radius 1 is 1.50 bits per heavy atom. The predicted molar refractivity (Wildman–Crippen MR) is 47.9 cm³/mol. The van der Waals surface area contributed by atoms with Gasteiger partial charge in [-0.25, -0.2) is 0 Å². The maximum Gasteiger partial charge on any atom is 0.484 e. The Morgan fingerprint density at radius 2 is 2.07 bits per heavy atom. The lowest BCUT2D eigenvalue weighted by atomic mass is 10.1. The van der Waals surface area contributed by atoms with Crippen LogP contribution in [0.25, 0.3) is 0 Å². The van der Waals surface area contributed by atoms with Crippen molar-refractivity contribution in [3.63, 3.8) is 0 Å². The van der Waals surface area contributed by atoms with Crippen molar-refractivity contribution < 1.29 is 18.2 Å². The molecule has 0 heterocycles. The van der Waals surface area contributed by atoms with Gasteiger partial charge in [-0.3, -0.25) is 14.4 Å². The molecule has 0 unspecified atom stereocenters. The minimum absolute atomic E-state index is 0.0186. The molecule has 1 atom stereocenters. The summed E-state index contributed by atoms with van der Waals surface area (Å²) in [7, 11) is 0. The van der Waals surface area contributed by atoms with Gasteiger partial charge in [0.15, 0.2) is 0 Å². The number of amides is 2. The number of rotatable bonds is 5. The number of nitrogens with two attached hydrogens (primary N) is 1. The second-order valence-electron chi connectivity index (χ2n) is 2.69. The second-order valence-corrected chi connectivity index (χ2v) is 2.93. The summed E-state index contributed by atoms with van der Waals surface area (Å²) in [6.45, 7) is 1.27. The van der Waals surface area contributed by atoms with E-state index in [1.807, 2.05) is 0 Å². The van der Waals surface area contributed by atoms with Crippen LogP contribution in [0.5, 0.6) is 0 Å². The SMILES string of the molecule is CC(=O)N[C@@H](CCC(N)=O)C(=O)[O][Al]. The van der Waals surface area contributed by atoms with E-state index in [9.17, 15) is 14.4 Å². The molecule has 0 saturated heterocycles. The van der Waals surface area contributed by atoms with Crippen LogP contribution in [0.1, 0.15) is 19.8 Å². The number of carbonyl (C=O) groups is 3. The highest BCUT2D eigenvalue weighted by atomic mass is 27.1. The molecule has 0 fully saturated rings. The van der Waals surface area contributed by atoms with Crippen molar-refractivity contribution in [3.8, 4) is 0 Å². The number of carbonyl (C=O) groups excluding carboxylic acids is 3. The van der Waals surface area contributed by atoms with Crippen LogP contribution in [0.4, 0.5) is 0 Å². The van der Waals surface area contributed by atoms with E-state index in [1.165, 1.54) is 6.92 Å². The number of hydrogen-bond acceptors (Lipinski definition) is 4. The molecule has 14 heavy (non-hydrogen) atoms. The van der Waals surface area contributed by atoms with E-state index >= 15 is 0 Å². The molecule has 2 amide bonds. The lowest BCUT2D eigenvalue weighted by Gasteiger charge is -2.15. The van der Waals surface area contributed by atoms with Crippen molar-refractivity contribution in [2.45, 2.75) is 25.8 Å². The molecule has 0 spiro atoms. The van der Waals surface area contributed by atoms with Gasteiger partial charge in [-0.2, -0.15) is 0 Å². The third kappa shape index (κ3) is 5.56. The van der Waals surface area contributed by atoms with E-state index in [4.69, 9.17) is 5.73 Å². The molecule has 0 rings (SSSR count). The molecule has 0 aromatic rings. The number of nitrogens with one attached hydrogen (secondary N) is 1. The molecule has 0 aliphatic carbocycles. The van der Waals surface area contributed by atoms with Gasteiger partial charge in [-0.15, -0.1) is 0 Å². The highest BCUT2D eigenvalue weighted by Crippen LogP contribution is 1.98. The minimum atomic E-state index is -0.822. The normalized spacial score (nSPS) is 11.5. The predicted octanol–water partition coefficient (Wildman–Crippen LogP) is -1.62. The molecular formula is C7H11AlN2O4. The molecule has 76 valence electrons. The van der Waals surface area contributed by atoms with E-state index in [-0.39, 0.29) is 18.7 Å². The van der Waals surface area contributed by atoms with Crippen molar-refractivity contribution in [3.05, 3.63) is 0 Å². The summed E-state index contributed by atoms with van der Waals surface area (Å²) in [5.41, 5.74) is 4.90. The zero-order valence-corrected chi connectivity index (χ0v) is 8.93. The lowest BCUT2D eigenvalue weighted by Crippen LogP contribution is -2.41. The maximum atomic E-state index is 11.1. The summed E-state index contributed by atoms with van der Waals surface area (Å²) in [5, 5.41) is 2.35. The standard InChI is InChI=1S/C7H12N2O4.Al/c1-4(10)9-5(7(12)13)2-3-6(8)11;/h5H,2-3H2,1H3,(H2,8,11)(H,9,10)(H,12,13);/q;+1/p-1/t5-;/m0./s1. The van der Waals surface area contributed by atoms with Crippen LogP contribution in [0, 0.1) is 0 Å². The first-order valence-corrected chi connectivity index (χ1v) is 4.40. The molecule has 0 aromatic carbocycles. The van der Waals surface area contributed by atoms with Crippen LogP contribution in [0.2, 0.25) is 0 Å². The summed E-state index contributed by atoms with van der Waals surface area (Å²) in [6.07, 6.45) is 0.160. The van der Waals surface area contributed by atoms with Crippen molar-refractivity contribution in [1.82, 2.24) is 5.32 Å². The number of hydrogen-bond donors (Lipinski definition) is 2. The smallest absolute Gasteiger partial charge is 0.484 e. The highest BCUT2D eigenvalue weighted by molar-refractivity contribution is 6.06. The summed E-state index contributed by atoms with van der Waals surface area (Å²) in [6, 6.07) is -0.822. The van der Waals surface area contributed by atoms with Crippen molar-refractivity contribution in [2.75, 3.05) is 0 Å². The number of primary amides is 1. The van der Waals surface area contributed by atoms with Crippen LogP contribution in [-0.4, -0.2) is 40.4 Å². The van der Waals surface area contributed by atoms with Gasteiger partial charge in [-0.1, -0.05) is 0 Å². The molecule has 0 bridgehead atoms. The fourth-order valence-corrected chi connectivity index (χ4v) is 1.03. The maximum absolute atomic E-state index is 11.1. The zero-order chi connectivity index (χ0) is 11.1. The van der Waals surface area contributed by atoms with Gasteiger partial charge in [0.05, 0.1) is 0 Å². The molecule has 6 nitrogen and oxygen atoms in total. The van der Waals surface area contributed by atoms with Crippen molar-refractivity contribution >= 4 is 34.4 Å². The third-order valence-electron chi connectivity index (χ3n) is 1.46. The Bertz CT molecular complexity index is 244. The molecular weight excluding hydrogens is 203 g/mol. The van der Waals surface area contributed by atoms with E-state index in [1.54, 1.807) is 16.6 Å². The largest absolute Gasteiger partial charge is 0.627 e. The fourth-order valence-electron chi connectivity index (χ4n) is 0.863. The molecule has 0 aliphatic rings. The van der Waals surface area contributed by atoms with Crippen LogP contribution < -0.4 is 11.1 Å².